The molecule has 4 rings (SSSR count). The van der Waals surface area contributed by atoms with Crippen LogP contribution in [0.4, 0.5) is 5.69 Å². The molecule has 3 aromatic rings. The number of halogens is 1. The maximum atomic E-state index is 13.2. The van der Waals surface area contributed by atoms with Gasteiger partial charge in [0.15, 0.2) is 5.11 Å². The lowest BCUT2D eigenvalue weighted by atomic mass is 9.98. The Morgan fingerprint density at radius 3 is 2.46 bits per heavy atom. The number of rotatable bonds is 7. The van der Waals surface area contributed by atoms with Crippen LogP contribution < -0.4 is 15.4 Å². The molecule has 3 aromatic carbocycles. The lowest BCUT2D eigenvalue weighted by Crippen LogP contribution is -2.39. The average Bonchev–Trinajstić information content (AvgIpc) is 2.90. The van der Waals surface area contributed by atoms with Crippen LogP contribution in [0.25, 0.3) is 0 Å². The highest BCUT2D eigenvalue weighted by Crippen LogP contribution is 2.25. The minimum absolute atomic E-state index is 0.0368. The molecular weight excluding hydrogens is 550 g/mol. The third-order valence-corrected chi connectivity index (χ3v) is 7.08. The van der Waals surface area contributed by atoms with E-state index in [9.17, 15) is 9.59 Å². The van der Waals surface area contributed by atoms with Crippen molar-refractivity contribution in [3.8, 4) is 5.75 Å². The first-order valence-electron chi connectivity index (χ1n) is 12.4. The molecule has 0 atom stereocenters. The molecule has 0 saturated carbocycles. The van der Waals surface area contributed by atoms with E-state index < -0.39 is 5.91 Å². The van der Waals surface area contributed by atoms with Crippen LogP contribution in [-0.4, -0.2) is 41.5 Å². The van der Waals surface area contributed by atoms with Gasteiger partial charge in [-0.25, -0.2) is 0 Å². The smallest absolute Gasteiger partial charge is 0.261 e. The van der Waals surface area contributed by atoms with Crippen LogP contribution in [-0.2, 0) is 6.42 Å². The van der Waals surface area contributed by atoms with Crippen molar-refractivity contribution in [3.63, 3.8) is 0 Å². The Bertz CT molecular complexity index is 1260. The summed E-state index contributed by atoms with van der Waals surface area (Å²) in [6, 6.07) is 22.5. The van der Waals surface area contributed by atoms with E-state index in [0.717, 1.165) is 42.4 Å². The first-order valence-corrected chi connectivity index (χ1v) is 13.6. The van der Waals surface area contributed by atoms with Crippen LogP contribution in [0.15, 0.2) is 77.3 Å². The molecule has 0 bridgehead atoms. The lowest BCUT2D eigenvalue weighted by molar-refractivity contribution is 0.0698. The highest BCUT2D eigenvalue weighted by Gasteiger charge is 2.24. The fourth-order valence-corrected chi connectivity index (χ4v) is 4.78. The molecular formula is C29H30BrN3O3S. The number of piperidine rings is 1. The monoisotopic (exact) mass is 579 g/mol. The van der Waals surface area contributed by atoms with Gasteiger partial charge in [0.2, 0.25) is 0 Å². The van der Waals surface area contributed by atoms with Gasteiger partial charge >= 0.3 is 0 Å². The molecule has 0 aromatic heterocycles. The van der Waals surface area contributed by atoms with E-state index in [1.54, 1.807) is 24.3 Å². The molecule has 1 aliphatic rings. The Hall–Kier alpha value is -3.23. The van der Waals surface area contributed by atoms with Gasteiger partial charge in [0, 0.05) is 24.0 Å². The second kappa shape index (κ2) is 12.8. The van der Waals surface area contributed by atoms with Crippen LogP contribution >= 0.6 is 28.1 Å². The average molecular weight is 581 g/mol. The Morgan fingerprint density at radius 2 is 1.70 bits per heavy atom. The number of hydrogen-bond donors (Lipinski definition) is 2. The van der Waals surface area contributed by atoms with Crippen molar-refractivity contribution >= 4 is 50.8 Å². The number of thiocarbonyl (C=S) groups is 1. The first-order chi connectivity index (χ1) is 17.9. The molecule has 0 spiro atoms. The lowest BCUT2D eigenvalue weighted by Gasteiger charge is -2.31. The van der Waals surface area contributed by atoms with Crippen molar-refractivity contribution in [1.29, 1.82) is 0 Å². The van der Waals surface area contributed by atoms with E-state index in [1.807, 2.05) is 53.4 Å². The summed E-state index contributed by atoms with van der Waals surface area (Å²) in [7, 11) is 0. The minimum Gasteiger partial charge on any atom is -0.492 e. The Balaban J connectivity index is 1.40. The molecule has 8 heteroatoms. The molecule has 0 unspecified atom stereocenters. The summed E-state index contributed by atoms with van der Waals surface area (Å²) in [4.78, 5) is 28.2. The number of hydrogen-bond acceptors (Lipinski definition) is 4. The number of likely N-dealkylation sites (tertiary alicyclic amines) is 1. The highest BCUT2D eigenvalue weighted by molar-refractivity contribution is 9.10. The first kappa shape index (κ1) is 26.8. The van der Waals surface area contributed by atoms with E-state index in [4.69, 9.17) is 17.0 Å². The summed E-state index contributed by atoms with van der Waals surface area (Å²) in [6.45, 7) is 4.12. The van der Waals surface area contributed by atoms with Crippen molar-refractivity contribution in [1.82, 2.24) is 10.2 Å². The van der Waals surface area contributed by atoms with Gasteiger partial charge in [0.25, 0.3) is 11.8 Å². The molecule has 2 amide bonds. The van der Waals surface area contributed by atoms with E-state index in [0.29, 0.717) is 35.1 Å². The number of benzene rings is 3. The summed E-state index contributed by atoms with van der Waals surface area (Å²) in [5.41, 5.74) is 2.60. The Kier molecular flexibility index (Phi) is 9.30. The zero-order valence-corrected chi connectivity index (χ0v) is 23.1. The third kappa shape index (κ3) is 7.40. The molecule has 0 radical (unpaired) electrons. The van der Waals surface area contributed by atoms with Crippen LogP contribution in [0.1, 0.15) is 46.0 Å². The largest absolute Gasteiger partial charge is 0.492 e. The second-order valence-corrected chi connectivity index (χ2v) is 10.5. The molecule has 1 aliphatic heterocycles. The van der Waals surface area contributed by atoms with E-state index >= 15 is 0 Å². The van der Waals surface area contributed by atoms with Crippen molar-refractivity contribution in [2.75, 3.05) is 25.0 Å². The molecule has 1 heterocycles. The van der Waals surface area contributed by atoms with Crippen LogP contribution in [0.5, 0.6) is 5.75 Å². The van der Waals surface area contributed by atoms with E-state index in [1.165, 1.54) is 0 Å². The normalized spacial score (nSPS) is 13.6. The van der Waals surface area contributed by atoms with Crippen LogP contribution in [0.3, 0.4) is 0 Å². The molecule has 1 fully saturated rings. The summed E-state index contributed by atoms with van der Waals surface area (Å²) in [5, 5.41) is 5.87. The molecule has 0 aliphatic carbocycles. The fourth-order valence-electron chi connectivity index (χ4n) is 4.21. The van der Waals surface area contributed by atoms with Crippen LogP contribution in [0.2, 0.25) is 0 Å². The van der Waals surface area contributed by atoms with Gasteiger partial charge in [-0.15, -0.1) is 0 Å². The van der Waals surface area contributed by atoms with E-state index in [-0.39, 0.29) is 11.0 Å². The standard InChI is InChI=1S/C29H30BrN3O3S/c1-20-13-16-33(17-14-20)28(35)23-9-5-6-10-25(23)31-29(37)32-27(34)24-19-22(30)11-12-26(24)36-18-15-21-7-3-2-4-8-21/h2-12,19-20H,13-18H2,1H3,(H2,31,32,34,37). The molecule has 1 saturated heterocycles. The maximum Gasteiger partial charge on any atom is 0.261 e. The maximum absolute atomic E-state index is 13.2. The van der Waals surface area contributed by atoms with Gasteiger partial charge in [-0.05, 0) is 66.9 Å². The second-order valence-electron chi connectivity index (χ2n) is 9.15. The zero-order chi connectivity index (χ0) is 26.2. The number of nitrogens with one attached hydrogen (secondary N) is 2. The number of carbonyl (C=O) groups excluding carboxylic acids is 2. The fraction of sp³-hybridized carbons (Fsp3) is 0.276. The Labute approximate surface area is 231 Å². The van der Waals surface area contributed by atoms with Gasteiger partial charge in [0.05, 0.1) is 23.4 Å². The number of anilines is 1. The molecule has 37 heavy (non-hydrogen) atoms. The molecule has 192 valence electrons. The summed E-state index contributed by atoms with van der Waals surface area (Å²) < 4.78 is 6.70. The predicted molar refractivity (Wildman–Crippen MR) is 154 cm³/mol. The summed E-state index contributed by atoms with van der Waals surface area (Å²) in [6.07, 6.45) is 2.72. The molecule has 2 N–H and O–H groups in total. The van der Waals surface area contributed by atoms with Gasteiger partial charge in [-0.3, -0.25) is 14.9 Å². The van der Waals surface area contributed by atoms with E-state index in [2.05, 4.69) is 33.5 Å². The number of ether oxygens (including phenoxy) is 1. The number of amides is 2. The third-order valence-electron chi connectivity index (χ3n) is 6.38. The number of nitrogens with zero attached hydrogens (tertiary/aromatic N) is 1. The topological polar surface area (TPSA) is 70.7 Å². The molecule has 6 nitrogen and oxygen atoms in total. The minimum atomic E-state index is -0.401. The predicted octanol–water partition coefficient (Wildman–Crippen LogP) is 6.07. The van der Waals surface area contributed by atoms with Gasteiger partial charge in [0.1, 0.15) is 5.75 Å². The van der Waals surface area contributed by atoms with Gasteiger partial charge in [-0.1, -0.05) is 65.3 Å². The van der Waals surface area contributed by atoms with Gasteiger partial charge in [-0.2, -0.15) is 0 Å². The summed E-state index contributed by atoms with van der Waals surface area (Å²) in [5.74, 6) is 0.660. The van der Waals surface area contributed by atoms with Crippen molar-refractivity contribution < 1.29 is 14.3 Å². The van der Waals surface area contributed by atoms with Gasteiger partial charge < -0.3 is 15.0 Å². The summed E-state index contributed by atoms with van der Waals surface area (Å²) >= 11 is 8.87. The van der Waals surface area contributed by atoms with Crippen molar-refractivity contribution in [2.24, 2.45) is 5.92 Å². The van der Waals surface area contributed by atoms with Crippen molar-refractivity contribution in [3.05, 3.63) is 94.0 Å². The quantitative estimate of drug-likeness (QED) is 0.332. The zero-order valence-electron chi connectivity index (χ0n) is 20.7. The van der Waals surface area contributed by atoms with Crippen LogP contribution in [0, 0.1) is 5.92 Å². The Morgan fingerprint density at radius 1 is 1.00 bits per heavy atom. The number of carbonyl (C=O) groups is 2. The SMILES string of the molecule is CC1CCN(C(=O)c2ccccc2NC(=S)NC(=O)c2cc(Br)ccc2OCCc2ccccc2)CC1. The van der Waals surface area contributed by atoms with Crippen molar-refractivity contribution in [2.45, 2.75) is 26.2 Å². The number of para-hydroxylation sites is 1. The highest BCUT2D eigenvalue weighted by atomic mass is 79.9.